The average molecular weight is 412 g/mol. The molecule has 3 heterocycles. The summed E-state index contributed by atoms with van der Waals surface area (Å²) in [6.45, 7) is 4.76. The van der Waals surface area contributed by atoms with Gasteiger partial charge in [-0.1, -0.05) is 32.0 Å². The van der Waals surface area contributed by atoms with Gasteiger partial charge >= 0.3 is 0 Å². The number of aromatic nitrogens is 4. The Bertz CT molecular complexity index is 1220. The molecule has 1 aromatic carbocycles. The zero-order chi connectivity index (χ0) is 21.6. The van der Waals surface area contributed by atoms with Crippen LogP contribution in [0.2, 0.25) is 0 Å². The highest BCUT2D eigenvalue weighted by atomic mass is 16.5. The zero-order valence-electron chi connectivity index (χ0n) is 17.7. The molecular formula is C25H25N5O. The van der Waals surface area contributed by atoms with Crippen LogP contribution in [0.3, 0.4) is 0 Å². The summed E-state index contributed by atoms with van der Waals surface area (Å²) in [5.74, 6) is 4.32. The third kappa shape index (κ3) is 5.08. The molecular weight excluding hydrogens is 386 g/mol. The van der Waals surface area contributed by atoms with Gasteiger partial charge in [0, 0.05) is 47.2 Å². The van der Waals surface area contributed by atoms with E-state index < -0.39 is 0 Å². The molecule has 0 fully saturated rings. The molecule has 2 N–H and O–H groups in total. The second-order valence-corrected chi connectivity index (χ2v) is 7.87. The van der Waals surface area contributed by atoms with Gasteiger partial charge in [0.05, 0.1) is 11.7 Å². The molecule has 156 valence electrons. The van der Waals surface area contributed by atoms with Gasteiger partial charge in [-0.15, -0.1) is 0 Å². The largest absolute Gasteiger partial charge is 0.490 e. The molecule has 3 aromatic heterocycles. The summed E-state index contributed by atoms with van der Waals surface area (Å²) in [4.78, 5) is 8.45. The van der Waals surface area contributed by atoms with Crippen molar-refractivity contribution in [3.05, 3.63) is 72.8 Å². The molecule has 0 amide bonds. The van der Waals surface area contributed by atoms with E-state index in [0.717, 1.165) is 34.1 Å². The third-order valence-electron chi connectivity index (χ3n) is 4.78. The van der Waals surface area contributed by atoms with E-state index >= 15 is 0 Å². The molecule has 6 heteroatoms. The van der Waals surface area contributed by atoms with Crippen LogP contribution in [0.25, 0.3) is 22.2 Å². The van der Waals surface area contributed by atoms with Crippen molar-refractivity contribution in [3.8, 4) is 29.0 Å². The smallest absolute Gasteiger partial charge is 0.138 e. The van der Waals surface area contributed by atoms with Crippen LogP contribution >= 0.6 is 0 Å². The topological polar surface area (TPSA) is 78.9 Å². The molecule has 1 unspecified atom stereocenters. The third-order valence-corrected chi connectivity index (χ3v) is 4.78. The molecule has 0 saturated carbocycles. The number of para-hydroxylation sites is 1. The number of hydrogen-bond acceptors (Lipinski definition) is 5. The maximum atomic E-state index is 6.15. The summed E-state index contributed by atoms with van der Waals surface area (Å²) in [7, 11) is 0. The van der Waals surface area contributed by atoms with Crippen LogP contribution in [-0.4, -0.2) is 32.4 Å². The van der Waals surface area contributed by atoms with Crippen LogP contribution in [-0.2, 0) is 0 Å². The van der Waals surface area contributed by atoms with Crippen LogP contribution in [0.4, 0.5) is 0 Å². The number of benzene rings is 1. The van der Waals surface area contributed by atoms with E-state index in [-0.39, 0.29) is 6.04 Å². The molecule has 0 aliphatic carbocycles. The van der Waals surface area contributed by atoms with Crippen molar-refractivity contribution in [3.63, 3.8) is 0 Å². The molecule has 0 radical (unpaired) electrons. The number of fused-ring (bicyclic) bond motifs is 1. The maximum absolute atomic E-state index is 6.15. The number of nitrogens with two attached hydrogens (primary N) is 1. The Morgan fingerprint density at radius 2 is 1.94 bits per heavy atom. The van der Waals surface area contributed by atoms with Crippen molar-refractivity contribution >= 4 is 10.9 Å². The predicted molar refractivity (Wildman–Crippen MR) is 122 cm³/mol. The first kappa shape index (κ1) is 20.6. The standard InChI is InChI=1S/C25H25N5O/c1-18(2)12-21(26)17-31-22-13-20(15-28-16-22)25-23-7-3-4-8-24(23)30(29-25)11-9-19-6-5-10-27-14-19/h3-8,10,13-16,18,21H,12,17,26H2,1-2H3. The van der Waals surface area contributed by atoms with Crippen molar-refractivity contribution in [1.29, 1.82) is 0 Å². The van der Waals surface area contributed by atoms with Crippen LogP contribution in [0.5, 0.6) is 5.75 Å². The summed E-state index contributed by atoms with van der Waals surface area (Å²) < 4.78 is 7.60. The first-order chi connectivity index (χ1) is 15.1. The molecule has 6 nitrogen and oxygen atoms in total. The van der Waals surface area contributed by atoms with E-state index in [2.05, 4.69) is 35.8 Å². The van der Waals surface area contributed by atoms with Crippen LogP contribution in [0.1, 0.15) is 25.8 Å². The van der Waals surface area contributed by atoms with Crippen molar-refractivity contribution in [1.82, 2.24) is 19.7 Å². The van der Waals surface area contributed by atoms with Crippen LogP contribution in [0, 0.1) is 17.9 Å². The van der Waals surface area contributed by atoms with Crippen molar-refractivity contribution < 1.29 is 4.74 Å². The molecule has 0 saturated heterocycles. The Morgan fingerprint density at radius 3 is 2.74 bits per heavy atom. The fraction of sp³-hybridized carbons (Fsp3) is 0.240. The minimum atomic E-state index is -0.00792. The molecule has 0 aliphatic heterocycles. The zero-order valence-corrected chi connectivity index (χ0v) is 17.7. The lowest BCUT2D eigenvalue weighted by Gasteiger charge is -2.15. The second-order valence-electron chi connectivity index (χ2n) is 7.87. The van der Waals surface area contributed by atoms with Gasteiger partial charge in [0.25, 0.3) is 0 Å². The second kappa shape index (κ2) is 9.41. The number of rotatable bonds is 6. The van der Waals surface area contributed by atoms with Gasteiger partial charge in [-0.2, -0.15) is 9.78 Å². The van der Waals surface area contributed by atoms with E-state index in [1.54, 1.807) is 29.5 Å². The van der Waals surface area contributed by atoms with Gasteiger partial charge < -0.3 is 10.5 Å². The first-order valence-electron chi connectivity index (χ1n) is 10.3. The molecule has 31 heavy (non-hydrogen) atoms. The van der Waals surface area contributed by atoms with Gasteiger partial charge in [-0.3, -0.25) is 9.97 Å². The minimum absolute atomic E-state index is 0.00792. The highest BCUT2D eigenvalue weighted by molar-refractivity contribution is 5.93. The lowest BCUT2D eigenvalue weighted by molar-refractivity contribution is 0.270. The molecule has 1 atom stereocenters. The minimum Gasteiger partial charge on any atom is -0.490 e. The van der Waals surface area contributed by atoms with Crippen molar-refractivity contribution in [2.24, 2.45) is 11.7 Å². The SMILES string of the molecule is CC(C)CC(N)COc1cncc(-c2nn(C#Cc3cccnc3)c3ccccc23)c1. The van der Waals surface area contributed by atoms with Gasteiger partial charge in [-0.25, -0.2) is 0 Å². The van der Waals surface area contributed by atoms with E-state index in [4.69, 9.17) is 15.6 Å². The van der Waals surface area contributed by atoms with Crippen LogP contribution in [0.15, 0.2) is 67.3 Å². The Kier molecular flexibility index (Phi) is 6.25. The predicted octanol–water partition coefficient (Wildman–Crippen LogP) is 4.10. The molecule has 4 aromatic rings. The van der Waals surface area contributed by atoms with Crippen molar-refractivity contribution in [2.45, 2.75) is 26.3 Å². The molecule has 4 rings (SSSR count). The fourth-order valence-corrected chi connectivity index (χ4v) is 3.42. The van der Waals surface area contributed by atoms with E-state index in [1.807, 2.05) is 42.5 Å². The Hall–Kier alpha value is -3.69. The lowest BCUT2D eigenvalue weighted by atomic mass is 10.1. The normalized spacial score (nSPS) is 11.9. The lowest BCUT2D eigenvalue weighted by Crippen LogP contribution is -2.29. The number of hydrogen-bond donors (Lipinski definition) is 1. The van der Waals surface area contributed by atoms with Crippen LogP contribution < -0.4 is 10.5 Å². The molecule has 0 bridgehead atoms. The monoisotopic (exact) mass is 411 g/mol. The Balaban J connectivity index is 1.64. The van der Waals surface area contributed by atoms with Gasteiger partial charge in [0.2, 0.25) is 0 Å². The summed E-state index contributed by atoms with van der Waals surface area (Å²) in [6.07, 6.45) is 7.86. The average Bonchev–Trinajstić information content (AvgIpc) is 3.16. The summed E-state index contributed by atoms with van der Waals surface area (Å²) >= 11 is 0. The highest BCUT2D eigenvalue weighted by Gasteiger charge is 2.13. The number of ether oxygens (including phenoxy) is 1. The molecule has 0 spiro atoms. The highest BCUT2D eigenvalue weighted by Crippen LogP contribution is 2.29. The maximum Gasteiger partial charge on any atom is 0.138 e. The Morgan fingerprint density at radius 1 is 1.06 bits per heavy atom. The summed E-state index contributed by atoms with van der Waals surface area (Å²) in [5, 5.41) is 5.75. The fourth-order valence-electron chi connectivity index (χ4n) is 3.42. The van der Waals surface area contributed by atoms with Gasteiger partial charge in [0.1, 0.15) is 18.1 Å². The Labute approximate surface area is 182 Å². The van der Waals surface area contributed by atoms with E-state index in [1.165, 1.54) is 0 Å². The number of pyridine rings is 2. The van der Waals surface area contributed by atoms with E-state index in [0.29, 0.717) is 18.3 Å². The quantitative estimate of drug-likeness (QED) is 0.483. The van der Waals surface area contributed by atoms with Gasteiger partial charge in [-0.05, 0) is 42.5 Å². The van der Waals surface area contributed by atoms with E-state index in [9.17, 15) is 0 Å². The first-order valence-corrected chi connectivity index (χ1v) is 10.3. The number of nitrogens with zero attached hydrogens (tertiary/aromatic N) is 4. The summed E-state index contributed by atoms with van der Waals surface area (Å²) in [5.41, 5.74) is 9.59. The summed E-state index contributed by atoms with van der Waals surface area (Å²) in [6, 6.07) is 16.8. The van der Waals surface area contributed by atoms with Crippen molar-refractivity contribution in [2.75, 3.05) is 6.61 Å². The molecule has 0 aliphatic rings. The van der Waals surface area contributed by atoms with Gasteiger partial charge in [0.15, 0.2) is 0 Å².